The summed E-state index contributed by atoms with van der Waals surface area (Å²) in [5.74, 6) is 0.937. The number of likely N-dealkylation sites (tertiary alicyclic amines) is 1. The van der Waals surface area contributed by atoms with Gasteiger partial charge in [0.05, 0.1) is 12.3 Å². The third-order valence-electron chi connectivity index (χ3n) is 6.98. The zero-order valence-corrected chi connectivity index (χ0v) is 18.7. The van der Waals surface area contributed by atoms with Crippen LogP contribution in [-0.2, 0) is 13.0 Å². The summed E-state index contributed by atoms with van der Waals surface area (Å²) in [6, 6.07) is 9.55. The van der Waals surface area contributed by atoms with Gasteiger partial charge < -0.3 is 9.64 Å². The van der Waals surface area contributed by atoms with Gasteiger partial charge >= 0.3 is 0 Å². The van der Waals surface area contributed by atoms with Crippen molar-refractivity contribution in [2.45, 2.75) is 70.2 Å². The van der Waals surface area contributed by atoms with Crippen LogP contribution in [0.25, 0.3) is 10.6 Å². The lowest BCUT2D eigenvalue weighted by molar-refractivity contribution is 0.0457. The maximum Gasteiger partial charge on any atom is 0.123 e. The van der Waals surface area contributed by atoms with Crippen LogP contribution in [0.3, 0.4) is 0 Å². The first kappa shape index (κ1) is 20.4. The van der Waals surface area contributed by atoms with Crippen molar-refractivity contribution < 1.29 is 9.13 Å². The number of rotatable bonds is 7. The lowest BCUT2D eigenvalue weighted by Crippen LogP contribution is -2.47. The second kappa shape index (κ2) is 8.93. The van der Waals surface area contributed by atoms with Gasteiger partial charge in [-0.3, -0.25) is 4.90 Å². The summed E-state index contributed by atoms with van der Waals surface area (Å²) in [5.41, 5.74) is 2.39. The van der Waals surface area contributed by atoms with E-state index in [2.05, 4.69) is 41.0 Å². The van der Waals surface area contributed by atoms with Crippen molar-refractivity contribution in [3.05, 3.63) is 34.8 Å². The van der Waals surface area contributed by atoms with Crippen LogP contribution in [0.2, 0.25) is 0 Å². The Labute approximate surface area is 183 Å². The van der Waals surface area contributed by atoms with E-state index in [1.54, 1.807) is 11.3 Å². The van der Waals surface area contributed by atoms with Gasteiger partial charge in [0.1, 0.15) is 16.9 Å². The fourth-order valence-corrected chi connectivity index (χ4v) is 6.09. The molecule has 5 rings (SSSR count). The summed E-state index contributed by atoms with van der Waals surface area (Å²) in [5, 5.41) is 1.09. The Morgan fingerprint density at radius 3 is 2.77 bits per heavy atom. The number of hydrogen-bond donors (Lipinski definition) is 0. The lowest BCUT2D eigenvalue weighted by Gasteiger charge is -2.41. The molecule has 1 aromatic carbocycles. The third-order valence-corrected chi connectivity index (χ3v) is 8.11. The van der Waals surface area contributed by atoms with E-state index in [4.69, 9.17) is 9.72 Å². The van der Waals surface area contributed by atoms with Crippen LogP contribution in [0.15, 0.2) is 24.3 Å². The normalized spacial score (nSPS) is 27.1. The summed E-state index contributed by atoms with van der Waals surface area (Å²) in [6.45, 7) is 7.41. The molecule has 4 nitrogen and oxygen atoms in total. The number of alkyl halides is 1. The molecular weight excluding hydrogens is 397 g/mol. The van der Waals surface area contributed by atoms with Gasteiger partial charge in [0.15, 0.2) is 0 Å². The van der Waals surface area contributed by atoms with Gasteiger partial charge in [-0.1, -0.05) is 0 Å². The molecule has 1 unspecified atom stereocenters. The summed E-state index contributed by atoms with van der Waals surface area (Å²) in [6.07, 6.45) is 5.55. The van der Waals surface area contributed by atoms with E-state index in [1.165, 1.54) is 30.0 Å². The van der Waals surface area contributed by atoms with Gasteiger partial charge in [0.25, 0.3) is 0 Å². The third kappa shape index (κ3) is 4.41. The zero-order valence-electron chi connectivity index (χ0n) is 17.9. The first-order chi connectivity index (χ1) is 14.7. The van der Waals surface area contributed by atoms with Crippen molar-refractivity contribution in [1.82, 2.24) is 14.8 Å². The molecule has 0 N–H and O–H groups in total. The van der Waals surface area contributed by atoms with Gasteiger partial charge in [-0.25, -0.2) is 9.37 Å². The fourth-order valence-electron chi connectivity index (χ4n) is 4.95. The quantitative estimate of drug-likeness (QED) is 0.584. The van der Waals surface area contributed by atoms with Gasteiger partial charge in [0.2, 0.25) is 0 Å². The van der Waals surface area contributed by atoms with Crippen LogP contribution >= 0.6 is 11.3 Å². The Balaban J connectivity index is 1.13. The molecule has 0 amide bonds. The first-order valence-electron chi connectivity index (χ1n) is 11.5. The number of aromatic nitrogens is 1. The average molecular weight is 430 g/mol. The van der Waals surface area contributed by atoms with Crippen LogP contribution in [0, 0.1) is 0 Å². The standard InChI is InChI=1S/C24H32FN3OS/c1-17-4-2-10-27(17)11-3-13-29-21-7-5-18(6-8-21)24-26-22-9-12-28(16-23(22)30-24)20-14-19(25)15-20/h5-8,17,19-20H,2-4,9-16H2,1H3/t17?,19-,20-. The van der Waals surface area contributed by atoms with Crippen LogP contribution in [-0.4, -0.2) is 59.3 Å². The number of fused-ring (bicyclic) bond motifs is 1. The van der Waals surface area contributed by atoms with Crippen molar-refractivity contribution >= 4 is 11.3 Å². The number of halogens is 1. The molecule has 0 radical (unpaired) electrons. The molecule has 3 heterocycles. The highest BCUT2D eigenvalue weighted by molar-refractivity contribution is 7.15. The molecule has 6 heteroatoms. The topological polar surface area (TPSA) is 28.6 Å². The van der Waals surface area contributed by atoms with Crippen molar-refractivity contribution in [3.8, 4) is 16.3 Å². The average Bonchev–Trinajstić information content (AvgIpc) is 3.34. The van der Waals surface area contributed by atoms with E-state index in [0.29, 0.717) is 18.9 Å². The van der Waals surface area contributed by atoms with Crippen LogP contribution in [0.1, 0.15) is 49.6 Å². The highest BCUT2D eigenvalue weighted by Gasteiger charge is 2.35. The first-order valence-corrected chi connectivity index (χ1v) is 12.3. The molecule has 3 aliphatic rings. The minimum Gasteiger partial charge on any atom is -0.494 e. The van der Waals surface area contributed by atoms with Gasteiger partial charge in [-0.05, 0) is 69.8 Å². The molecule has 0 bridgehead atoms. The second-order valence-corrected chi connectivity index (χ2v) is 10.2. The van der Waals surface area contributed by atoms with Crippen molar-refractivity contribution in [2.24, 2.45) is 0 Å². The minimum atomic E-state index is -0.585. The summed E-state index contributed by atoms with van der Waals surface area (Å²) in [4.78, 5) is 11.3. The molecule has 2 aromatic rings. The summed E-state index contributed by atoms with van der Waals surface area (Å²) >= 11 is 1.79. The van der Waals surface area contributed by atoms with E-state index in [9.17, 15) is 4.39 Å². The number of nitrogens with zero attached hydrogens (tertiary/aromatic N) is 3. The van der Waals surface area contributed by atoms with Crippen molar-refractivity contribution in [1.29, 1.82) is 0 Å². The monoisotopic (exact) mass is 429 g/mol. The second-order valence-electron chi connectivity index (χ2n) is 9.09. The predicted octanol–water partition coefficient (Wildman–Crippen LogP) is 4.92. The van der Waals surface area contributed by atoms with E-state index in [1.807, 2.05) is 0 Å². The van der Waals surface area contributed by atoms with Crippen molar-refractivity contribution in [2.75, 3.05) is 26.2 Å². The smallest absolute Gasteiger partial charge is 0.123 e. The number of benzene rings is 1. The zero-order chi connectivity index (χ0) is 20.5. The summed E-state index contributed by atoms with van der Waals surface area (Å²) in [7, 11) is 0. The molecule has 1 saturated carbocycles. The minimum absolute atomic E-state index is 0.434. The van der Waals surface area contributed by atoms with Gasteiger partial charge in [-0.2, -0.15) is 0 Å². The maximum absolute atomic E-state index is 13.2. The molecule has 2 fully saturated rings. The largest absolute Gasteiger partial charge is 0.494 e. The van der Waals surface area contributed by atoms with Gasteiger partial charge in [0, 0.05) is 48.6 Å². The molecule has 1 aromatic heterocycles. The van der Waals surface area contributed by atoms with Crippen LogP contribution < -0.4 is 4.74 Å². The molecular formula is C24H32FN3OS. The van der Waals surface area contributed by atoms with E-state index in [0.717, 1.165) is 61.4 Å². The highest BCUT2D eigenvalue weighted by Crippen LogP contribution is 2.36. The highest BCUT2D eigenvalue weighted by atomic mass is 32.1. The van der Waals surface area contributed by atoms with E-state index >= 15 is 0 Å². The van der Waals surface area contributed by atoms with Crippen molar-refractivity contribution in [3.63, 3.8) is 0 Å². The number of thiazole rings is 1. The molecule has 30 heavy (non-hydrogen) atoms. The maximum atomic E-state index is 13.2. The van der Waals surface area contributed by atoms with Gasteiger partial charge in [-0.15, -0.1) is 11.3 Å². The molecule has 162 valence electrons. The fraction of sp³-hybridized carbons (Fsp3) is 0.625. The summed E-state index contributed by atoms with van der Waals surface area (Å²) < 4.78 is 19.2. The Bertz CT molecular complexity index is 849. The number of ether oxygens (including phenoxy) is 1. The molecule has 2 aliphatic heterocycles. The molecule has 0 spiro atoms. The Morgan fingerprint density at radius 1 is 1.20 bits per heavy atom. The Hall–Kier alpha value is -1.50. The molecule has 1 aliphatic carbocycles. The molecule has 1 atom stereocenters. The SMILES string of the molecule is CC1CCCN1CCCOc1ccc(-c2nc3c(s2)CN([C@H]2C[C@H](F)C2)CC3)cc1. The Kier molecular flexibility index (Phi) is 6.07. The van der Waals surface area contributed by atoms with E-state index < -0.39 is 6.17 Å². The lowest BCUT2D eigenvalue weighted by atomic mass is 9.88. The van der Waals surface area contributed by atoms with Crippen LogP contribution in [0.5, 0.6) is 5.75 Å². The predicted molar refractivity (Wildman–Crippen MR) is 120 cm³/mol. The number of hydrogen-bond acceptors (Lipinski definition) is 5. The van der Waals surface area contributed by atoms with E-state index in [-0.39, 0.29) is 0 Å². The molecule has 1 saturated heterocycles. The van der Waals surface area contributed by atoms with Crippen LogP contribution in [0.4, 0.5) is 4.39 Å². The Morgan fingerprint density at radius 2 is 2.03 bits per heavy atom.